The maximum Gasteiger partial charge on any atom is 0.257 e. The van der Waals surface area contributed by atoms with Gasteiger partial charge in [-0.1, -0.05) is 29.8 Å². The monoisotopic (exact) mass is 719 g/mol. The van der Waals surface area contributed by atoms with E-state index in [9.17, 15) is 9.18 Å². The van der Waals surface area contributed by atoms with Gasteiger partial charge < -0.3 is 19.4 Å². The molecule has 2 N–H and O–H groups in total. The van der Waals surface area contributed by atoms with Crippen LogP contribution in [0.1, 0.15) is 46.0 Å². The molecule has 1 amide bonds. The molecule has 0 spiro atoms. The molecule has 4 aromatic heterocycles. The van der Waals surface area contributed by atoms with E-state index < -0.39 is 11.0 Å². The van der Waals surface area contributed by atoms with Crippen LogP contribution in [0.4, 0.5) is 10.1 Å². The molecule has 257 valence electrons. The number of anilines is 1. The molecule has 1 saturated heterocycles. The average molecular weight is 720 g/mol. The van der Waals surface area contributed by atoms with Gasteiger partial charge in [0, 0.05) is 65.9 Å². The molecule has 6 aromatic rings. The molecule has 1 atom stereocenters. The zero-order chi connectivity index (χ0) is 35.1. The highest BCUT2D eigenvalue weighted by atomic mass is 35.5. The first-order valence-corrected chi connectivity index (χ1v) is 17.5. The number of halogens is 2. The third-order valence-corrected chi connectivity index (χ3v) is 10.1. The fraction of sp³-hybridized carbons (Fsp3) is 0.270. The second kappa shape index (κ2) is 13.6. The second-order valence-electron chi connectivity index (χ2n) is 12.9. The highest BCUT2D eigenvalue weighted by Gasteiger charge is 2.35. The summed E-state index contributed by atoms with van der Waals surface area (Å²) in [5, 5.41) is 10.8. The second-order valence-corrected chi connectivity index (χ2v) is 14.3. The molecule has 2 aliphatic rings. The molecule has 11 nitrogen and oxygen atoms in total. The van der Waals surface area contributed by atoms with E-state index in [2.05, 4.69) is 46.3 Å². The number of nitrogens with one attached hydrogen (secondary N) is 2. The van der Waals surface area contributed by atoms with Gasteiger partial charge in [-0.2, -0.15) is 5.10 Å². The van der Waals surface area contributed by atoms with E-state index in [-0.39, 0.29) is 12.5 Å². The average Bonchev–Trinajstić information content (AvgIpc) is 3.65. The van der Waals surface area contributed by atoms with Crippen LogP contribution in [0.3, 0.4) is 0 Å². The zero-order valence-electron chi connectivity index (χ0n) is 27.7. The fourth-order valence-corrected chi connectivity index (χ4v) is 6.90. The Kier molecular flexibility index (Phi) is 8.88. The molecule has 2 aliphatic heterocycles. The first kappa shape index (κ1) is 33.2. The summed E-state index contributed by atoms with van der Waals surface area (Å²) in [5.41, 5.74) is 6.63. The van der Waals surface area contributed by atoms with E-state index >= 15 is 0 Å². The van der Waals surface area contributed by atoms with Crippen molar-refractivity contribution in [3.05, 3.63) is 112 Å². The number of benzene rings is 2. The Balaban J connectivity index is 0.976. The topological polar surface area (TPSA) is 123 Å². The van der Waals surface area contributed by atoms with Crippen LogP contribution in [0.2, 0.25) is 5.02 Å². The highest BCUT2D eigenvalue weighted by Crippen LogP contribution is 2.31. The smallest absolute Gasteiger partial charge is 0.257 e. The Hall–Kier alpha value is -4.95. The van der Waals surface area contributed by atoms with E-state index in [1.54, 1.807) is 24.3 Å². The quantitative estimate of drug-likeness (QED) is 0.160. The number of H-pyrrole nitrogens is 1. The highest BCUT2D eigenvalue weighted by molar-refractivity contribution is 6.30. The van der Waals surface area contributed by atoms with Crippen molar-refractivity contribution >= 4 is 61.1 Å². The van der Waals surface area contributed by atoms with E-state index in [0.29, 0.717) is 59.6 Å². The lowest BCUT2D eigenvalue weighted by Crippen LogP contribution is -2.48. The standard InChI is InChI=1S/C37H33ClFN8O3Si/c1-22-28-15-25(18-40-35(28)45-44-22)36(48)41-27-7-8-32-31(17-27)42-33(47(32)21-37(51)11-14-50-37)19-46-12-9-23(10-13-46)30-3-2-4-34(43-30)49-20-24-5-6-26(38)16-29(24)39/h2-9,15-18H,10-14,19-21H2,1H3,(H,41,48)(H,40,44,45)/t37-/m1/s1. The Morgan fingerprint density at radius 3 is 2.84 bits per heavy atom. The van der Waals surface area contributed by atoms with Gasteiger partial charge in [0.1, 0.15) is 18.2 Å². The van der Waals surface area contributed by atoms with Gasteiger partial charge in [-0.05, 0) is 67.8 Å². The van der Waals surface area contributed by atoms with Crippen LogP contribution in [0, 0.1) is 12.7 Å². The lowest BCUT2D eigenvalue weighted by Gasteiger charge is -2.39. The van der Waals surface area contributed by atoms with E-state index in [0.717, 1.165) is 58.6 Å². The van der Waals surface area contributed by atoms with E-state index in [4.69, 9.17) is 31.0 Å². The molecule has 0 unspecified atom stereocenters. The van der Waals surface area contributed by atoms with Crippen molar-refractivity contribution in [2.24, 2.45) is 0 Å². The summed E-state index contributed by atoms with van der Waals surface area (Å²) in [6.07, 6.45) is 5.41. The molecule has 14 heteroatoms. The maximum atomic E-state index is 14.2. The fourth-order valence-electron chi connectivity index (χ4n) is 6.38. The maximum absolute atomic E-state index is 14.2. The van der Waals surface area contributed by atoms with Gasteiger partial charge in [0.15, 0.2) is 5.65 Å². The minimum absolute atomic E-state index is 0.0568. The lowest BCUT2D eigenvalue weighted by atomic mass is 10.0. The summed E-state index contributed by atoms with van der Waals surface area (Å²) >= 11 is 5.88. The Labute approximate surface area is 301 Å². The number of pyridine rings is 2. The van der Waals surface area contributed by atoms with Crippen molar-refractivity contribution < 1.29 is 18.7 Å². The number of fused-ring (bicyclic) bond motifs is 2. The van der Waals surface area contributed by atoms with Gasteiger partial charge in [0.05, 0.1) is 44.3 Å². The van der Waals surface area contributed by atoms with Gasteiger partial charge >= 0.3 is 0 Å². The molecule has 51 heavy (non-hydrogen) atoms. The molecule has 3 radical (unpaired) electrons. The number of imidazole rings is 1. The summed E-state index contributed by atoms with van der Waals surface area (Å²) in [7, 11) is 3.85. The van der Waals surface area contributed by atoms with Crippen LogP contribution < -0.4 is 10.1 Å². The van der Waals surface area contributed by atoms with Crippen LogP contribution >= 0.6 is 11.6 Å². The number of carbonyl (C=O) groups excluding carboxylic acids is 1. The van der Waals surface area contributed by atoms with Crippen molar-refractivity contribution in [3.8, 4) is 5.88 Å². The van der Waals surface area contributed by atoms with Gasteiger partial charge in [-0.3, -0.25) is 14.8 Å². The minimum Gasteiger partial charge on any atom is -0.473 e. The van der Waals surface area contributed by atoms with Gasteiger partial charge in [0.25, 0.3) is 5.91 Å². The predicted molar refractivity (Wildman–Crippen MR) is 193 cm³/mol. The molecule has 0 aliphatic carbocycles. The molecule has 0 saturated carbocycles. The predicted octanol–water partition coefficient (Wildman–Crippen LogP) is 6.21. The minimum atomic E-state index is -0.445. The number of hydrogen-bond donors (Lipinski definition) is 2. The number of ether oxygens (including phenoxy) is 2. The number of aryl methyl sites for hydroxylation is 1. The van der Waals surface area contributed by atoms with Crippen LogP contribution in [0.15, 0.2) is 72.9 Å². The van der Waals surface area contributed by atoms with Gasteiger partial charge in [-0.25, -0.2) is 19.3 Å². The third-order valence-electron chi connectivity index (χ3n) is 9.35. The molecule has 8 rings (SSSR count). The molecular weight excluding hydrogens is 687 g/mol. The normalized spacial score (nSPS) is 17.8. The van der Waals surface area contributed by atoms with Gasteiger partial charge in [-0.15, -0.1) is 0 Å². The number of hydrogen-bond acceptors (Lipinski definition) is 8. The van der Waals surface area contributed by atoms with Crippen LogP contribution in [-0.4, -0.2) is 75.7 Å². The molecule has 6 heterocycles. The number of nitrogens with zero attached hydrogens (tertiary/aromatic N) is 6. The number of aromatic amines is 1. The zero-order valence-corrected chi connectivity index (χ0v) is 29.5. The molecular formula is C37H33ClFN8O3Si. The Morgan fingerprint density at radius 2 is 2.06 bits per heavy atom. The van der Waals surface area contributed by atoms with Crippen molar-refractivity contribution in [1.29, 1.82) is 0 Å². The number of rotatable bonds is 10. The summed E-state index contributed by atoms with van der Waals surface area (Å²) < 4.78 is 28.2. The van der Waals surface area contributed by atoms with Crippen LogP contribution in [-0.2, 0) is 24.4 Å². The summed E-state index contributed by atoms with van der Waals surface area (Å²) in [4.78, 5) is 29.6. The van der Waals surface area contributed by atoms with Crippen LogP contribution in [0.5, 0.6) is 5.88 Å². The Bertz CT molecular complexity index is 2320. The Morgan fingerprint density at radius 1 is 1.18 bits per heavy atom. The van der Waals surface area contributed by atoms with Gasteiger partial charge in [0.2, 0.25) is 5.88 Å². The van der Waals surface area contributed by atoms with E-state index in [1.807, 2.05) is 37.3 Å². The summed E-state index contributed by atoms with van der Waals surface area (Å²) in [6.45, 7) is 5.41. The number of carbonyl (C=O) groups is 1. The molecule has 2 aromatic carbocycles. The number of aromatic nitrogens is 6. The van der Waals surface area contributed by atoms with Crippen molar-refractivity contribution in [2.45, 2.75) is 44.7 Å². The van der Waals surface area contributed by atoms with Crippen molar-refractivity contribution in [1.82, 2.24) is 34.6 Å². The third kappa shape index (κ3) is 7.02. The first-order chi connectivity index (χ1) is 24.7. The number of amides is 1. The first-order valence-electron chi connectivity index (χ1n) is 16.7. The van der Waals surface area contributed by atoms with E-state index in [1.165, 1.54) is 12.3 Å². The van der Waals surface area contributed by atoms with Crippen LogP contribution in [0.25, 0.3) is 27.6 Å². The van der Waals surface area contributed by atoms with Crippen molar-refractivity contribution in [2.75, 3.05) is 25.0 Å². The molecule has 1 fully saturated rings. The summed E-state index contributed by atoms with van der Waals surface area (Å²) in [6, 6.07) is 17.8. The van der Waals surface area contributed by atoms with Crippen molar-refractivity contribution in [3.63, 3.8) is 0 Å². The summed E-state index contributed by atoms with van der Waals surface area (Å²) in [5.74, 6) is 0.672. The lowest BCUT2D eigenvalue weighted by molar-refractivity contribution is -0.0947. The SMILES string of the molecule is Cc1[nH]nc2ncc(C(=O)Nc3ccc4c(c3)nc(CN3CC=C(c5cccc(OCc6ccc(Cl)cc6F)n5)CC3)n4C[C@]3([Si])CCO3)cc12. The molecule has 0 bridgehead atoms. The largest absolute Gasteiger partial charge is 0.473 e.